The number of carbonyl (C=O) groups is 1. The lowest BCUT2D eigenvalue weighted by Crippen LogP contribution is -2.61. The first-order valence-electron chi connectivity index (χ1n) is 21.4. The molecule has 0 amide bonds. The van der Waals surface area contributed by atoms with Crippen LogP contribution < -0.4 is 21.1 Å². The van der Waals surface area contributed by atoms with Crippen LogP contribution in [0, 0.1) is 52.8 Å². The molecule has 3 saturated heterocycles. The van der Waals surface area contributed by atoms with Gasteiger partial charge >= 0.3 is 5.97 Å². The highest BCUT2D eigenvalue weighted by molar-refractivity contribution is 5.77. The van der Waals surface area contributed by atoms with Crippen LogP contribution in [0.3, 0.4) is 0 Å². The molecule has 13 nitrogen and oxygen atoms in total. The number of benzene rings is 1. The van der Waals surface area contributed by atoms with E-state index in [4.69, 9.17) is 20.2 Å². The van der Waals surface area contributed by atoms with Crippen LogP contribution in [0.4, 0.5) is 0 Å². The predicted octanol–water partition coefficient (Wildman–Crippen LogP) is 1.94. The number of aliphatic hydroxyl groups is 3. The smallest absolute Gasteiger partial charge is 0.302 e. The Morgan fingerprint density at radius 2 is 1.96 bits per heavy atom. The van der Waals surface area contributed by atoms with E-state index in [0.717, 1.165) is 89.7 Å². The van der Waals surface area contributed by atoms with Crippen LogP contribution >= 0.6 is 0 Å². The van der Waals surface area contributed by atoms with Gasteiger partial charge in [0.15, 0.2) is 17.5 Å². The highest BCUT2D eigenvalue weighted by Gasteiger charge is 2.50. The second-order valence-corrected chi connectivity index (χ2v) is 18.3. The zero-order valence-corrected chi connectivity index (χ0v) is 33.1. The van der Waals surface area contributed by atoms with E-state index in [1.165, 1.54) is 6.92 Å². The Morgan fingerprint density at radius 1 is 1.09 bits per heavy atom. The zero-order chi connectivity index (χ0) is 39.0. The van der Waals surface area contributed by atoms with E-state index in [0.29, 0.717) is 55.2 Å². The maximum absolute atomic E-state index is 12.8. The number of carbonyl (C=O) groups excluding carboxylic acids is 1. The Hall–Kier alpha value is -3.12. The third-order valence-corrected chi connectivity index (χ3v) is 14.7. The number of guanidine groups is 1. The van der Waals surface area contributed by atoms with Crippen molar-refractivity contribution in [2.24, 2.45) is 51.6 Å². The molecule has 14 atom stereocenters. The molecule has 6 heterocycles. The Labute approximate surface area is 331 Å². The fourth-order valence-electron chi connectivity index (χ4n) is 11.8. The van der Waals surface area contributed by atoms with Crippen molar-refractivity contribution in [3.8, 4) is 23.3 Å². The molecule has 1 saturated carbocycles. The number of hydrogen-bond acceptors (Lipinski definition) is 13. The average molecular weight is 777 g/mol. The number of hydrogen-bond donors (Lipinski definition) is 7. The van der Waals surface area contributed by atoms with Gasteiger partial charge < -0.3 is 46.3 Å². The summed E-state index contributed by atoms with van der Waals surface area (Å²) in [6, 6.07) is 3.79. The zero-order valence-electron chi connectivity index (χ0n) is 33.1. The first-order chi connectivity index (χ1) is 27.1. The number of aliphatic hydroxyl groups excluding tert-OH is 3. The van der Waals surface area contributed by atoms with Gasteiger partial charge in [0.1, 0.15) is 12.2 Å². The summed E-state index contributed by atoms with van der Waals surface area (Å²) in [4.78, 5) is 22.6. The number of aromatic hydroxyl groups is 1. The number of fused-ring (bicyclic) bond motifs is 9. The van der Waals surface area contributed by atoms with Gasteiger partial charge in [-0.1, -0.05) is 18.3 Å². The van der Waals surface area contributed by atoms with E-state index in [2.05, 4.69) is 32.3 Å². The van der Waals surface area contributed by atoms with Crippen molar-refractivity contribution >= 4 is 11.9 Å². The number of phenolic OH excluding ortho intramolecular Hbond substituents is 1. The largest absolute Gasteiger partial charge is 0.504 e. The maximum atomic E-state index is 12.8. The molecular formula is C43H64N6O7. The van der Waals surface area contributed by atoms with E-state index < -0.39 is 23.6 Å². The number of nitrogens with one attached hydrogen (secondary N) is 2. The standard InChI is InChI=1S/C43H64N6O7/c1-26(52)55-40-16-38(53)29-5-6-33-21-49-19-27-11-31(37(49)23-51)20-48(18-27)25-47-42(44)46-24-43(33,17-29)9-7-28-3-2-4-34-15-35(8-10-45-34)56-41-14-30(12-36(28)40)32(22-50)13-39(41)54/h13-14,27-29,31,33-38,40,45,50-51,53-54H,2-6,8,10-12,15-25H2,1H3,(H3,44,46,47)/t27-,28+,29-,31+,33-,34+,35-,36-,37+,38-,40+,43-/m1/s1. The van der Waals surface area contributed by atoms with Crippen molar-refractivity contribution in [2.75, 3.05) is 52.5 Å². The van der Waals surface area contributed by atoms with Crippen LogP contribution in [0.5, 0.6) is 11.5 Å². The summed E-state index contributed by atoms with van der Waals surface area (Å²) in [7, 11) is 0. The summed E-state index contributed by atoms with van der Waals surface area (Å²) in [6.07, 6.45) is 7.06. The molecule has 9 rings (SSSR count). The molecule has 0 radical (unpaired) electrons. The summed E-state index contributed by atoms with van der Waals surface area (Å²) < 4.78 is 12.7. The average Bonchev–Trinajstić information content (AvgIpc) is 3.18. The fourth-order valence-corrected chi connectivity index (χ4v) is 11.8. The Kier molecular flexibility index (Phi) is 12.1. The predicted molar refractivity (Wildman–Crippen MR) is 211 cm³/mol. The Morgan fingerprint density at radius 3 is 2.79 bits per heavy atom. The van der Waals surface area contributed by atoms with Gasteiger partial charge in [-0.25, -0.2) is 4.99 Å². The normalized spacial score (nSPS) is 41.2. The van der Waals surface area contributed by atoms with Crippen molar-refractivity contribution in [2.45, 2.75) is 115 Å². The van der Waals surface area contributed by atoms with Crippen LogP contribution in [0.2, 0.25) is 0 Å². The van der Waals surface area contributed by atoms with Gasteiger partial charge in [-0.15, -0.1) is 0 Å². The number of phenols is 1. The van der Waals surface area contributed by atoms with Gasteiger partial charge in [-0.3, -0.25) is 14.6 Å². The summed E-state index contributed by atoms with van der Waals surface area (Å²) >= 11 is 0. The summed E-state index contributed by atoms with van der Waals surface area (Å²) in [5.74, 6) is 8.71. The molecule has 1 aromatic carbocycles. The van der Waals surface area contributed by atoms with E-state index in [1.54, 1.807) is 6.07 Å². The van der Waals surface area contributed by atoms with Crippen LogP contribution in [0.15, 0.2) is 17.1 Å². The highest BCUT2D eigenvalue weighted by Crippen LogP contribution is 2.48. The van der Waals surface area contributed by atoms with Gasteiger partial charge in [-0.2, -0.15) is 0 Å². The minimum Gasteiger partial charge on any atom is -0.504 e. The van der Waals surface area contributed by atoms with Crippen LogP contribution in [-0.4, -0.2) is 125 Å². The quantitative estimate of drug-likeness (QED) is 0.175. The summed E-state index contributed by atoms with van der Waals surface area (Å²) in [6.45, 7) is 6.76. The molecule has 0 aromatic heterocycles. The van der Waals surface area contributed by atoms with E-state index in [9.17, 15) is 25.2 Å². The molecule has 13 heteroatoms. The lowest BCUT2D eigenvalue weighted by atomic mass is 9.60. The molecular weight excluding hydrogens is 713 g/mol. The molecule has 56 heavy (non-hydrogen) atoms. The molecule has 1 spiro atoms. The lowest BCUT2D eigenvalue weighted by Gasteiger charge is -2.53. The number of ether oxygens (including phenoxy) is 2. The summed E-state index contributed by atoms with van der Waals surface area (Å²) in [5, 5.41) is 51.9. The molecule has 2 aliphatic carbocycles. The highest BCUT2D eigenvalue weighted by atomic mass is 16.5. The lowest BCUT2D eigenvalue weighted by molar-refractivity contribution is -0.153. The number of esters is 1. The van der Waals surface area contributed by atoms with E-state index >= 15 is 0 Å². The SMILES string of the molecule is CC(=O)O[C@H]1C[C@@H](O)[C@@H]2CC[C@@H]3CN4C[C@@H]5C[C@@H](CN(CN=C(N)NC[C@@]3(C#C[C@@H]3CCC[C@H]6C[C@@H](CCN6)Oc6cc(c(CO)cc6O)C[C@H]31)C2)C5)[C@@H]4CO. The molecule has 8 N–H and O–H groups in total. The van der Waals surface area contributed by atoms with Gasteiger partial charge in [-0.05, 0) is 111 Å². The van der Waals surface area contributed by atoms with Crippen molar-refractivity contribution in [3.05, 3.63) is 23.3 Å². The van der Waals surface area contributed by atoms with Crippen molar-refractivity contribution in [1.29, 1.82) is 0 Å². The molecule has 8 aliphatic rings. The second kappa shape index (κ2) is 17.0. The monoisotopic (exact) mass is 776 g/mol. The minimum absolute atomic E-state index is 0.00125. The number of piperidine rings is 3. The molecule has 4 fully saturated rings. The Balaban J connectivity index is 1.23. The van der Waals surface area contributed by atoms with Crippen LogP contribution in [-0.2, 0) is 22.6 Å². The number of nitrogens with zero attached hydrogens (tertiary/aromatic N) is 3. The Bertz CT molecular complexity index is 1670. The fraction of sp³-hybridized carbons (Fsp3) is 0.767. The first-order valence-corrected chi connectivity index (χ1v) is 21.4. The first kappa shape index (κ1) is 39.7. The van der Waals surface area contributed by atoms with Gasteiger partial charge in [0.05, 0.1) is 31.4 Å². The molecule has 308 valence electrons. The van der Waals surface area contributed by atoms with Crippen LogP contribution in [0.25, 0.3) is 0 Å². The van der Waals surface area contributed by atoms with E-state index in [-0.39, 0.29) is 67.2 Å². The van der Waals surface area contributed by atoms with Crippen molar-refractivity contribution in [1.82, 2.24) is 20.4 Å². The second-order valence-electron chi connectivity index (χ2n) is 18.3. The van der Waals surface area contributed by atoms with Gasteiger partial charge in [0.25, 0.3) is 0 Å². The summed E-state index contributed by atoms with van der Waals surface area (Å²) in [5.41, 5.74) is 7.49. The third kappa shape index (κ3) is 8.52. The van der Waals surface area contributed by atoms with Gasteiger partial charge in [0.2, 0.25) is 0 Å². The number of aliphatic imine (C=N–C) groups is 1. The molecule has 10 bridgehead atoms. The number of rotatable bonds is 3. The van der Waals surface area contributed by atoms with E-state index in [1.807, 2.05) is 6.07 Å². The molecule has 1 aromatic rings. The molecule has 6 aliphatic heterocycles. The minimum atomic E-state index is -0.734. The van der Waals surface area contributed by atoms with Crippen LogP contribution in [0.1, 0.15) is 82.3 Å². The molecule has 2 unspecified atom stereocenters. The van der Waals surface area contributed by atoms with Crippen molar-refractivity contribution < 1.29 is 34.7 Å². The third-order valence-electron chi connectivity index (χ3n) is 14.7. The maximum Gasteiger partial charge on any atom is 0.302 e. The topological polar surface area (TPSA) is 185 Å². The van der Waals surface area contributed by atoms with Gasteiger partial charge in [0, 0.05) is 70.0 Å². The van der Waals surface area contributed by atoms with Crippen molar-refractivity contribution in [3.63, 3.8) is 0 Å². The number of nitrogens with two attached hydrogens (primary N) is 1.